The van der Waals surface area contributed by atoms with E-state index in [1.807, 2.05) is 6.92 Å². The maximum absolute atomic E-state index is 12.6. The molecule has 2 N–H and O–H groups in total. The quantitative estimate of drug-likeness (QED) is 0.870. The van der Waals surface area contributed by atoms with E-state index in [4.69, 9.17) is 17.3 Å². The van der Waals surface area contributed by atoms with E-state index in [1.165, 1.54) is 4.31 Å². The first-order valence-corrected chi connectivity index (χ1v) is 7.91. The topological polar surface area (TPSA) is 63.4 Å². The Balaban J connectivity index is 2.42. The number of sulfonamides is 1. The smallest absolute Gasteiger partial charge is 0.244 e. The summed E-state index contributed by atoms with van der Waals surface area (Å²) < 4.78 is 26.7. The second-order valence-corrected chi connectivity index (χ2v) is 6.96. The van der Waals surface area contributed by atoms with Crippen molar-refractivity contribution in [1.29, 1.82) is 0 Å². The molecule has 0 aliphatic carbocycles. The Morgan fingerprint density at radius 1 is 1.42 bits per heavy atom. The average molecular weight is 301 g/mol. The molecular formula is C13H17ClN2O2S. The van der Waals surface area contributed by atoms with Crippen molar-refractivity contribution in [2.75, 3.05) is 13.1 Å². The summed E-state index contributed by atoms with van der Waals surface area (Å²) in [5.74, 6) is 0. The zero-order valence-corrected chi connectivity index (χ0v) is 12.3. The summed E-state index contributed by atoms with van der Waals surface area (Å²) in [5.41, 5.74) is 7.37. The lowest BCUT2D eigenvalue weighted by Crippen LogP contribution is -2.35. The first kappa shape index (κ1) is 14.5. The highest BCUT2D eigenvalue weighted by Gasteiger charge is 2.28. The summed E-state index contributed by atoms with van der Waals surface area (Å²) in [5, 5.41) is 0.240. The van der Waals surface area contributed by atoms with Crippen molar-refractivity contribution in [3.63, 3.8) is 0 Å². The molecule has 1 aromatic rings. The van der Waals surface area contributed by atoms with Gasteiger partial charge in [0.2, 0.25) is 10.0 Å². The Kier molecular flexibility index (Phi) is 4.30. The van der Waals surface area contributed by atoms with Gasteiger partial charge in [-0.3, -0.25) is 0 Å². The predicted octanol–water partition coefficient (Wildman–Crippen LogP) is 2.14. The van der Waals surface area contributed by atoms with Crippen LogP contribution in [-0.4, -0.2) is 25.8 Å². The fourth-order valence-electron chi connectivity index (χ4n) is 2.09. The first-order chi connectivity index (χ1) is 8.95. The van der Waals surface area contributed by atoms with Crippen LogP contribution in [0.4, 0.5) is 0 Å². The highest BCUT2D eigenvalue weighted by atomic mass is 35.5. The third-order valence-corrected chi connectivity index (χ3v) is 5.47. The number of hydrogen-bond donors (Lipinski definition) is 1. The van der Waals surface area contributed by atoms with Crippen LogP contribution in [0.15, 0.2) is 34.7 Å². The van der Waals surface area contributed by atoms with Crippen molar-refractivity contribution < 1.29 is 8.42 Å². The molecule has 0 spiro atoms. The van der Waals surface area contributed by atoms with E-state index in [2.05, 4.69) is 6.08 Å². The Bertz CT molecular complexity index is 611. The van der Waals surface area contributed by atoms with Crippen LogP contribution in [0.1, 0.15) is 18.9 Å². The molecule has 0 atom stereocenters. The maximum Gasteiger partial charge on any atom is 0.244 e. The highest BCUT2D eigenvalue weighted by Crippen LogP contribution is 2.27. The lowest BCUT2D eigenvalue weighted by atomic mass is 10.2. The Labute approximate surface area is 118 Å². The normalized spacial score (nSPS) is 17.3. The van der Waals surface area contributed by atoms with Crippen molar-refractivity contribution in [3.05, 3.63) is 40.4 Å². The minimum atomic E-state index is -3.55. The van der Waals surface area contributed by atoms with Gasteiger partial charge in [-0.05, 0) is 31.0 Å². The molecule has 0 fully saturated rings. The lowest BCUT2D eigenvalue weighted by Gasteiger charge is -2.26. The molecule has 2 rings (SSSR count). The van der Waals surface area contributed by atoms with Crippen molar-refractivity contribution in [2.45, 2.75) is 24.8 Å². The molecule has 1 aliphatic rings. The molecule has 104 valence electrons. The van der Waals surface area contributed by atoms with Crippen LogP contribution in [-0.2, 0) is 16.6 Å². The largest absolute Gasteiger partial charge is 0.326 e. The summed E-state index contributed by atoms with van der Waals surface area (Å²) in [7, 11) is -3.55. The van der Waals surface area contributed by atoms with Gasteiger partial charge in [0.15, 0.2) is 0 Å². The summed E-state index contributed by atoms with van der Waals surface area (Å²) in [4.78, 5) is 0.145. The van der Waals surface area contributed by atoms with Gasteiger partial charge in [-0.1, -0.05) is 29.3 Å². The molecule has 1 aromatic carbocycles. The number of halogens is 1. The van der Waals surface area contributed by atoms with Crippen molar-refractivity contribution >= 4 is 21.6 Å². The van der Waals surface area contributed by atoms with Gasteiger partial charge in [-0.2, -0.15) is 4.31 Å². The summed E-state index contributed by atoms with van der Waals surface area (Å²) >= 11 is 6.03. The Morgan fingerprint density at radius 2 is 2.16 bits per heavy atom. The predicted molar refractivity (Wildman–Crippen MR) is 76.5 cm³/mol. The molecule has 1 heterocycles. The second-order valence-electron chi connectivity index (χ2n) is 4.65. The lowest BCUT2D eigenvalue weighted by molar-refractivity contribution is 0.428. The monoisotopic (exact) mass is 300 g/mol. The molecule has 0 aromatic heterocycles. The second kappa shape index (κ2) is 5.63. The van der Waals surface area contributed by atoms with Gasteiger partial charge in [-0.25, -0.2) is 8.42 Å². The van der Waals surface area contributed by atoms with Crippen LogP contribution in [0.2, 0.25) is 5.02 Å². The number of hydrogen-bond acceptors (Lipinski definition) is 3. The zero-order chi connectivity index (χ0) is 14.0. The van der Waals surface area contributed by atoms with E-state index in [1.54, 1.807) is 18.2 Å². The van der Waals surface area contributed by atoms with Crippen LogP contribution in [0.25, 0.3) is 0 Å². The maximum atomic E-state index is 12.6. The molecular weight excluding hydrogens is 284 g/mol. The summed E-state index contributed by atoms with van der Waals surface area (Å²) in [6, 6.07) is 4.89. The third kappa shape index (κ3) is 3.00. The molecule has 0 amide bonds. The molecule has 0 bridgehead atoms. The minimum absolute atomic E-state index is 0.145. The van der Waals surface area contributed by atoms with Gasteiger partial charge in [0.25, 0.3) is 0 Å². The van der Waals surface area contributed by atoms with Crippen molar-refractivity contribution in [3.8, 4) is 0 Å². The molecule has 4 nitrogen and oxygen atoms in total. The van der Waals surface area contributed by atoms with Gasteiger partial charge in [0.1, 0.15) is 4.90 Å². The number of rotatable bonds is 3. The zero-order valence-electron chi connectivity index (χ0n) is 10.8. The van der Waals surface area contributed by atoms with Gasteiger partial charge in [0, 0.05) is 19.6 Å². The number of nitrogens with two attached hydrogens (primary N) is 1. The number of benzene rings is 1. The molecule has 0 radical (unpaired) electrons. The fourth-order valence-corrected chi connectivity index (χ4v) is 4.12. The van der Waals surface area contributed by atoms with E-state index in [9.17, 15) is 8.42 Å². The van der Waals surface area contributed by atoms with Crippen molar-refractivity contribution in [2.24, 2.45) is 5.73 Å². The molecule has 0 saturated heterocycles. The van der Waals surface area contributed by atoms with E-state index in [0.29, 0.717) is 19.6 Å². The molecule has 1 aliphatic heterocycles. The molecule has 6 heteroatoms. The van der Waals surface area contributed by atoms with Crippen LogP contribution < -0.4 is 5.73 Å². The first-order valence-electron chi connectivity index (χ1n) is 6.09. The van der Waals surface area contributed by atoms with E-state index < -0.39 is 10.0 Å². The van der Waals surface area contributed by atoms with Crippen molar-refractivity contribution in [1.82, 2.24) is 4.31 Å². The Hall–Kier alpha value is -0.880. The van der Waals surface area contributed by atoms with E-state index >= 15 is 0 Å². The SMILES string of the molecule is CC1=CCCN(S(=O)(=O)c2cc(CN)ccc2Cl)C1. The van der Waals surface area contributed by atoms with Gasteiger partial charge < -0.3 is 5.73 Å². The molecule has 19 heavy (non-hydrogen) atoms. The van der Waals surface area contributed by atoms with Gasteiger partial charge in [0.05, 0.1) is 5.02 Å². The third-order valence-electron chi connectivity index (χ3n) is 3.15. The van der Waals surface area contributed by atoms with Crippen LogP contribution in [0.3, 0.4) is 0 Å². The van der Waals surface area contributed by atoms with E-state index in [0.717, 1.165) is 17.6 Å². The van der Waals surface area contributed by atoms with Crippen LogP contribution in [0, 0.1) is 0 Å². The summed E-state index contributed by atoms with van der Waals surface area (Å²) in [6.45, 7) is 3.13. The average Bonchev–Trinajstić information content (AvgIpc) is 2.39. The number of nitrogens with zero attached hydrogens (tertiary/aromatic N) is 1. The molecule has 0 unspecified atom stereocenters. The van der Waals surface area contributed by atoms with E-state index in [-0.39, 0.29) is 9.92 Å². The van der Waals surface area contributed by atoms with Gasteiger partial charge >= 0.3 is 0 Å². The van der Waals surface area contributed by atoms with Crippen LogP contribution >= 0.6 is 11.6 Å². The highest BCUT2D eigenvalue weighted by molar-refractivity contribution is 7.89. The van der Waals surface area contributed by atoms with Gasteiger partial charge in [-0.15, -0.1) is 0 Å². The Morgan fingerprint density at radius 3 is 2.79 bits per heavy atom. The molecule has 0 saturated carbocycles. The van der Waals surface area contributed by atoms with Crippen LogP contribution in [0.5, 0.6) is 0 Å². The fraction of sp³-hybridized carbons (Fsp3) is 0.385. The standard InChI is InChI=1S/C13H17ClN2O2S/c1-10-3-2-6-16(9-10)19(17,18)13-7-11(8-15)4-5-12(13)14/h3-5,7H,2,6,8-9,15H2,1H3. The minimum Gasteiger partial charge on any atom is -0.326 e. The summed E-state index contributed by atoms with van der Waals surface area (Å²) in [6.07, 6.45) is 2.79.